The second kappa shape index (κ2) is 4.90. The Morgan fingerprint density at radius 2 is 2.29 bits per heavy atom. The number of fused-ring (bicyclic) bond motifs is 1. The van der Waals surface area contributed by atoms with Crippen LogP contribution in [0.2, 0.25) is 0 Å². The maximum atomic E-state index is 11.7. The highest BCUT2D eigenvalue weighted by molar-refractivity contribution is 5.76. The smallest absolute Gasteiger partial charge is 0.222 e. The zero-order chi connectivity index (χ0) is 12.4. The van der Waals surface area contributed by atoms with Gasteiger partial charge in [-0.25, -0.2) is 0 Å². The highest BCUT2D eigenvalue weighted by Gasteiger charge is 2.25. The molecule has 2 rings (SSSR count). The lowest BCUT2D eigenvalue weighted by Gasteiger charge is -2.27. The number of hydrogen-bond acceptors (Lipinski definition) is 2. The monoisotopic (exact) mass is 235 g/mol. The first-order chi connectivity index (χ1) is 8.17. The van der Waals surface area contributed by atoms with E-state index in [2.05, 4.69) is 24.0 Å². The van der Waals surface area contributed by atoms with Crippen molar-refractivity contribution < 1.29 is 4.79 Å². The van der Waals surface area contributed by atoms with E-state index in [1.807, 2.05) is 11.8 Å². The average Bonchev–Trinajstić information content (AvgIpc) is 2.79. The number of aromatic nitrogens is 2. The van der Waals surface area contributed by atoms with Crippen LogP contribution in [0, 0.1) is 0 Å². The molecule has 0 saturated carbocycles. The maximum absolute atomic E-state index is 11.7. The molecule has 4 nitrogen and oxygen atoms in total. The molecule has 1 N–H and O–H groups in total. The van der Waals surface area contributed by atoms with Gasteiger partial charge in [0.2, 0.25) is 5.91 Å². The molecule has 94 valence electrons. The Kier molecular flexibility index (Phi) is 3.50. The molecule has 1 aliphatic rings. The molecule has 0 aliphatic carbocycles. The number of H-pyrrole nitrogens is 1. The summed E-state index contributed by atoms with van der Waals surface area (Å²) in [6.07, 6.45) is 2.58. The van der Waals surface area contributed by atoms with Crippen LogP contribution < -0.4 is 0 Å². The predicted molar refractivity (Wildman–Crippen MR) is 66.7 cm³/mol. The first-order valence-electron chi connectivity index (χ1n) is 6.51. The van der Waals surface area contributed by atoms with Gasteiger partial charge in [-0.1, -0.05) is 20.8 Å². The third kappa shape index (κ3) is 2.21. The second-order valence-electron chi connectivity index (χ2n) is 4.79. The van der Waals surface area contributed by atoms with E-state index in [9.17, 15) is 4.79 Å². The summed E-state index contributed by atoms with van der Waals surface area (Å²) in [4.78, 5) is 13.7. The molecule has 0 bridgehead atoms. The first kappa shape index (κ1) is 12.1. The van der Waals surface area contributed by atoms with Crippen molar-refractivity contribution in [2.45, 2.75) is 52.5 Å². The van der Waals surface area contributed by atoms with E-state index >= 15 is 0 Å². The number of hydrogen-bond donors (Lipinski definition) is 1. The molecule has 4 heteroatoms. The third-order valence-electron chi connectivity index (χ3n) is 3.70. The Hall–Kier alpha value is -1.32. The molecule has 1 amide bonds. The Morgan fingerprint density at radius 1 is 1.53 bits per heavy atom. The van der Waals surface area contributed by atoms with Gasteiger partial charge in [-0.05, 0) is 6.42 Å². The Bertz CT molecular complexity index is 411. The summed E-state index contributed by atoms with van der Waals surface area (Å²) in [7, 11) is 0. The number of rotatable bonds is 3. The largest absolute Gasteiger partial charge is 0.338 e. The van der Waals surface area contributed by atoms with Crippen LogP contribution in [-0.4, -0.2) is 27.5 Å². The van der Waals surface area contributed by atoms with Gasteiger partial charge in [0, 0.05) is 43.1 Å². The molecule has 0 radical (unpaired) electrons. The quantitative estimate of drug-likeness (QED) is 0.873. The van der Waals surface area contributed by atoms with E-state index < -0.39 is 0 Å². The molecular formula is C13H21N3O. The summed E-state index contributed by atoms with van der Waals surface area (Å²) < 4.78 is 0. The third-order valence-corrected chi connectivity index (χ3v) is 3.70. The van der Waals surface area contributed by atoms with Crippen molar-refractivity contribution in [2.75, 3.05) is 6.54 Å². The highest BCUT2D eigenvalue weighted by atomic mass is 16.2. The van der Waals surface area contributed by atoms with Gasteiger partial charge >= 0.3 is 0 Å². The number of amides is 1. The van der Waals surface area contributed by atoms with E-state index in [-0.39, 0.29) is 5.91 Å². The molecule has 0 fully saturated rings. The zero-order valence-corrected chi connectivity index (χ0v) is 10.9. The first-order valence-corrected chi connectivity index (χ1v) is 6.51. The lowest BCUT2D eigenvalue weighted by atomic mass is 9.96. The van der Waals surface area contributed by atoms with Gasteiger partial charge in [0.15, 0.2) is 0 Å². The average molecular weight is 235 g/mol. The summed E-state index contributed by atoms with van der Waals surface area (Å²) in [6.45, 7) is 7.84. The number of nitrogens with zero attached hydrogens (tertiary/aromatic N) is 2. The van der Waals surface area contributed by atoms with E-state index in [1.54, 1.807) is 0 Å². The summed E-state index contributed by atoms with van der Waals surface area (Å²) in [6, 6.07) is 0. The summed E-state index contributed by atoms with van der Waals surface area (Å²) in [5, 5.41) is 7.56. The fraction of sp³-hybridized carbons (Fsp3) is 0.692. The van der Waals surface area contributed by atoms with Crippen molar-refractivity contribution in [3.05, 3.63) is 17.0 Å². The molecular weight excluding hydrogens is 214 g/mol. The van der Waals surface area contributed by atoms with Crippen LogP contribution in [0.15, 0.2) is 0 Å². The topological polar surface area (TPSA) is 49.0 Å². The van der Waals surface area contributed by atoms with Crippen LogP contribution in [0.5, 0.6) is 0 Å². The van der Waals surface area contributed by atoms with E-state index in [0.29, 0.717) is 12.3 Å². The van der Waals surface area contributed by atoms with Crippen molar-refractivity contribution in [3.8, 4) is 0 Å². The standard InChI is InChI=1S/C13H21N3O/c1-4-9(3)13-10-8-16(12(17)5-2)7-6-11(10)14-15-13/h9H,4-8H2,1-3H3,(H,14,15). The van der Waals surface area contributed by atoms with Gasteiger partial charge in [0.1, 0.15) is 0 Å². The number of carbonyl (C=O) groups excluding carboxylic acids is 1. The molecule has 1 atom stereocenters. The van der Waals surface area contributed by atoms with Crippen LogP contribution in [0.25, 0.3) is 0 Å². The normalized spacial score (nSPS) is 16.8. The number of nitrogens with one attached hydrogen (secondary N) is 1. The molecule has 1 aromatic rings. The van der Waals surface area contributed by atoms with Crippen molar-refractivity contribution >= 4 is 5.91 Å². The fourth-order valence-electron chi connectivity index (χ4n) is 2.35. The molecule has 0 aromatic carbocycles. The zero-order valence-electron chi connectivity index (χ0n) is 10.9. The SMILES string of the molecule is CCC(=O)N1CCc2[nH]nc(C(C)CC)c2C1. The lowest BCUT2D eigenvalue weighted by Crippen LogP contribution is -2.35. The van der Waals surface area contributed by atoms with E-state index in [1.165, 1.54) is 11.3 Å². The van der Waals surface area contributed by atoms with Crippen LogP contribution in [-0.2, 0) is 17.8 Å². The minimum atomic E-state index is 0.243. The van der Waals surface area contributed by atoms with Crippen LogP contribution in [0.3, 0.4) is 0 Å². The molecule has 17 heavy (non-hydrogen) atoms. The minimum absolute atomic E-state index is 0.243. The Balaban J connectivity index is 2.23. The van der Waals surface area contributed by atoms with Gasteiger partial charge in [0.05, 0.1) is 5.69 Å². The number of aromatic amines is 1. The van der Waals surface area contributed by atoms with Crippen molar-refractivity contribution in [3.63, 3.8) is 0 Å². The summed E-state index contributed by atoms with van der Waals surface area (Å²) in [5.41, 5.74) is 3.63. The lowest BCUT2D eigenvalue weighted by molar-refractivity contribution is -0.131. The van der Waals surface area contributed by atoms with Crippen LogP contribution in [0.4, 0.5) is 0 Å². The second-order valence-corrected chi connectivity index (χ2v) is 4.79. The van der Waals surface area contributed by atoms with Gasteiger partial charge < -0.3 is 4.90 Å². The van der Waals surface area contributed by atoms with E-state index in [0.717, 1.165) is 31.6 Å². The van der Waals surface area contributed by atoms with Crippen LogP contribution in [0.1, 0.15) is 56.5 Å². The van der Waals surface area contributed by atoms with Crippen molar-refractivity contribution in [1.29, 1.82) is 0 Å². The van der Waals surface area contributed by atoms with Gasteiger partial charge in [-0.2, -0.15) is 5.10 Å². The van der Waals surface area contributed by atoms with Gasteiger partial charge in [0.25, 0.3) is 0 Å². The Labute approximate surface area is 102 Å². The molecule has 0 spiro atoms. The molecule has 0 saturated heterocycles. The predicted octanol–water partition coefficient (Wildman–Crippen LogP) is 2.22. The van der Waals surface area contributed by atoms with Crippen LogP contribution >= 0.6 is 0 Å². The van der Waals surface area contributed by atoms with Gasteiger partial charge in [-0.3, -0.25) is 9.89 Å². The molecule has 1 aliphatic heterocycles. The van der Waals surface area contributed by atoms with Gasteiger partial charge in [-0.15, -0.1) is 0 Å². The highest BCUT2D eigenvalue weighted by Crippen LogP contribution is 2.27. The van der Waals surface area contributed by atoms with Crippen molar-refractivity contribution in [1.82, 2.24) is 15.1 Å². The maximum Gasteiger partial charge on any atom is 0.222 e. The number of carbonyl (C=O) groups is 1. The summed E-state index contributed by atoms with van der Waals surface area (Å²) in [5.74, 6) is 0.707. The Morgan fingerprint density at radius 3 is 2.94 bits per heavy atom. The molecule has 1 unspecified atom stereocenters. The van der Waals surface area contributed by atoms with E-state index in [4.69, 9.17) is 0 Å². The van der Waals surface area contributed by atoms with Crippen molar-refractivity contribution in [2.24, 2.45) is 0 Å². The molecule has 2 heterocycles. The minimum Gasteiger partial charge on any atom is -0.338 e. The summed E-state index contributed by atoms with van der Waals surface area (Å²) >= 11 is 0. The molecule has 1 aromatic heterocycles. The fourth-order valence-corrected chi connectivity index (χ4v) is 2.35.